The smallest absolute Gasteiger partial charge is 0.317 e. The number of nitrogens with zero attached hydrogens (tertiary/aromatic N) is 3. The highest BCUT2D eigenvalue weighted by molar-refractivity contribution is 5.74. The monoisotopic (exact) mass is 368 g/mol. The van der Waals surface area contributed by atoms with E-state index in [0.717, 1.165) is 72.0 Å². The first-order chi connectivity index (χ1) is 12.5. The van der Waals surface area contributed by atoms with Crippen LogP contribution in [0.2, 0.25) is 0 Å². The summed E-state index contributed by atoms with van der Waals surface area (Å²) in [6.07, 6.45) is 2.24. The molecule has 0 saturated carbocycles. The summed E-state index contributed by atoms with van der Waals surface area (Å²) in [5.41, 5.74) is 0.0472. The van der Waals surface area contributed by atoms with Gasteiger partial charge in [-0.15, -0.1) is 0 Å². The van der Waals surface area contributed by atoms with Gasteiger partial charge in [0.15, 0.2) is 0 Å². The topological polar surface area (TPSA) is 57.3 Å². The first-order valence-electron chi connectivity index (χ1n) is 10.2. The number of rotatable bonds is 4. The van der Waals surface area contributed by atoms with E-state index in [9.17, 15) is 4.79 Å². The van der Waals surface area contributed by atoms with Crippen LogP contribution in [0.3, 0.4) is 0 Å². The van der Waals surface area contributed by atoms with Gasteiger partial charge in [0.2, 0.25) is 0 Å². The highest BCUT2D eigenvalue weighted by Gasteiger charge is 2.32. The number of ether oxygens (including phenoxy) is 2. The Labute approximate surface area is 158 Å². The van der Waals surface area contributed by atoms with E-state index in [0.29, 0.717) is 12.6 Å². The van der Waals surface area contributed by atoms with Gasteiger partial charge in [-0.25, -0.2) is 4.79 Å². The SMILES string of the molecule is C[C@H]1CN(C2CCOCC2)CCN1C(=O)NCCN1CCOCC1(C)C. The first-order valence-corrected chi connectivity index (χ1v) is 10.2. The molecule has 0 spiro atoms. The molecule has 150 valence electrons. The maximum atomic E-state index is 12.6. The molecule has 3 fully saturated rings. The Hall–Kier alpha value is -0.890. The van der Waals surface area contributed by atoms with Gasteiger partial charge in [-0.05, 0) is 33.6 Å². The molecule has 0 bridgehead atoms. The maximum Gasteiger partial charge on any atom is 0.317 e. The Morgan fingerprint density at radius 1 is 1.12 bits per heavy atom. The lowest BCUT2D eigenvalue weighted by Crippen LogP contribution is -2.60. The highest BCUT2D eigenvalue weighted by Crippen LogP contribution is 2.20. The van der Waals surface area contributed by atoms with Crippen molar-refractivity contribution in [3.05, 3.63) is 0 Å². The van der Waals surface area contributed by atoms with E-state index in [1.165, 1.54) is 0 Å². The lowest BCUT2D eigenvalue weighted by molar-refractivity contribution is -0.0499. The van der Waals surface area contributed by atoms with E-state index in [2.05, 4.69) is 35.9 Å². The quantitative estimate of drug-likeness (QED) is 0.802. The lowest BCUT2D eigenvalue weighted by atomic mass is 10.0. The number of hydrogen-bond donors (Lipinski definition) is 1. The van der Waals surface area contributed by atoms with Crippen LogP contribution in [0.25, 0.3) is 0 Å². The summed E-state index contributed by atoms with van der Waals surface area (Å²) in [5.74, 6) is 0. The van der Waals surface area contributed by atoms with Crippen LogP contribution < -0.4 is 5.32 Å². The van der Waals surface area contributed by atoms with Gasteiger partial charge in [-0.3, -0.25) is 9.80 Å². The van der Waals surface area contributed by atoms with E-state index in [-0.39, 0.29) is 17.6 Å². The van der Waals surface area contributed by atoms with Crippen molar-refractivity contribution in [2.24, 2.45) is 0 Å². The minimum absolute atomic E-state index is 0.0472. The minimum atomic E-state index is 0.0472. The van der Waals surface area contributed by atoms with E-state index in [4.69, 9.17) is 9.47 Å². The number of hydrogen-bond acceptors (Lipinski definition) is 5. The molecule has 7 heteroatoms. The fourth-order valence-corrected chi connectivity index (χ4v) is 4.37. The van der Waals surface area contributed by atoms with Crippen LogP contribution in [0, 0.1) is 0 Å². The molecule has 0 unspecified atom stereocenters. The molecule has 1 N–H and O–H groups in total. The van der Waals surface area contributed by atoms with E-state index >= 15 is 0 Å². The number of piperazine rings is 1. The van der Waals surface area contributed by atoms with Crippen LogP contribution in [0.4, 0.5) is 4.79 Å². The molecule has 7 nitrogen and oxygen atoms in total. The van der Waals surface area contributed by atoms with Gasteiger partial charge in [-0.2, -0.15) is 0 Å². The third-order valence-corrected chi connectivity index (χ3v) is 6.10. The predicted molar refractivity (Wildman–Crippen MR) is 101 cm³/mol. The Balaban J connectivity index is 1.41. The molecule has 3 heterocycles. The van der Waals surface area contributed by atoms with Crippen molar-refractivity contribution in [1.29, 1.82) is 0 Å². The molecule has 0 radical (unpaired) electrons. The zero-order chi connectivity index (χ0) is 18.6. The molecule has 26 heavy (non-hydrogen) atoms. The zero-order valence-electron chi connectivity index (χ0n) is 16.7. The molecule has 0 aliphatic carbocycles. The molecule has 0 aromatic carbocycles. The lowest BCUT2D eigenvalue weighted by Gasteiger charge is -2.44. The van der Waals surface area contributed by atoms with Crippen LogP contribution in [0.15, 0.2) is 0 Å². The first kappa shape index (κ1) is 19.9. The summed E-state index contributed by atoms with van der Waals surface area (Å²) in [7, 11) is 0. The highest BCUT2D eigenvalue weighted by atomic mass is 16.5. The van der Waals surface area contributed by atoms with Gasteiger partial charge in [0, 0.05) is 70.1 Å². The Kier molecular flexibility index (Phi) is 6.77. The summed E-state index contributed by atoms with van der Waals surface area (Å²) >= 11 is 0. The predicted octanol–water partition coefficient (Wildman–Crippen LogP) is 0.992. The Morgan fingerprint density at radius 3 is 2.58 bits per heavy atom. The van der Waals surface area contributed by atoms with Crippen molar-refractivity contribution >= 4 is 6.03 Å². The largest absolute Gasteiger partial charge is 0.381 e. The van der Waals surface area contributed by atoms with Crippen LogP contribution in [0.5, 0.6) is 0 Å². The number of urea groups is 1. The van der Waals surface area contributed by atoms with Crippen molar-refractivity contribution in [3.63, 3.8) is 0 Å². The number of carbonyl (C=O) groups is 1. The maximum absolute atomic E-state index is 12.6. The van der Waals surface area contributed by atoms with Crippen molar-refractivity contribution in [2.75, 3.05) is 65.7 Å². The summed E-state index contributed by atoms with van der Waals surface area (Å²) < 4.78 is 11.0. The number of amides is 2. The average Bonchev–Trinajstić information content (AvgIpc) is 2.63. The third-order valence-electron chi connectivity index (χ3n) is 6.10. The van der Waals surface area contributed by atoms with Crippen LogP contribution in [0.1, 0.15) is 33.6 Å². The minimum Gasteiger partial charge on any atom is -0.381 e. The summed E-state index contributed by atoms with van der Waals surface area (Å²) in [5, 5.41) is 3.13. The van der Waals surface area contributed by atoms with Gasteiger partial charge in [0.25, 0.3) is 0 Å². The Morgan fingerprint density at radius 2 is 1.88 bits per heavy atom. The van der Waals surface area contributed by atoms with Crippen molar-refractivity contribution < 1.29 is 14.3 Å². The fourth-order valence-electron chi connectivity index (χ4n) is 4.37. The second kappa shape index (κ2) is 8.87. The van der Waals surface area contributed by atoms with Crippen molar-refractivity contribution in [2.45, 2.75) is 51.2 Å². The summed E-state index contributed by atoms with van der Waals surface area (Å²) in [6, 6.07) is 0.960. The van der Waals surface area contributed by atoms with Gasteiger partial charge >= 0.3 is 6.03 Å². The normalized spacial score (nSPS) is 28.9. The summed E-state index contributed by atoms with van der Waals surface area (Å²) in [4.78, 5) is 19.6. The van der Waals surface area contributed by atoms with Crippen molar-refractivity contribution in [3.8, 4) is 0 Å². The van der Waals surface area contributed by atoms with E-state index in [1.54, 1.807) is 0 Å². The number of carbonyl (C=O) groups excluding carboxylic acids is 1. The Bertz CT molecular complexity index is 468. The second-order valence-electron chi connectivity index (χ2n) is 8.46. The van der Waals surface area contributed by atoms with Crippen molar-refractivity contribution in [1.82, 2.24) is 20.0 Å². The van der Waals surface area contributed by atoms with Gasteiger partial charge in [-0.1, -0.05) is 0 Å². The molecule has 3 aliphatic rings. The van der Waals surface area contributed by atoms with Crippen LogP contribution >= 0.6 is 0 Å². The number of morpholine rings is 1. The molecule has 0 aromatic heterocycles. The summed E-state index contributed by atoms with van der Waals surface area (Å²) in [6.45, 7) is 15.1. The zero-order valence-corrected chi connectivity index (χ0v) is 16.7. The average molecular weight is 369 g/mol. The number of nitrogens with one attached hydrogen (secondary N) is 1. The molecule has 2 amide bonds. The third kappa shape index (κ3) is 4.88. The molecular weight excluding hydrogens is 332 g/mol. The van der Waals surface area contributed by atoms with Crippen LogP contribution in [-0.4, -0.2) is 104 Å². The van der Waals surface area contributed by atoms with Crippen LogP contribution in [-0.2, 0) is 9.47 Å². The molecule has 1 atom stereocenters. The van der Waals surface area contributed by atoms with E-state index < -0.39 is 0 Å². The molecule has 0 aromatic rings. The molecule has 3 rings (SSSR count). The fraction of sp³-hybridized carbons (Fsp3) is 0.947. The standard InChI is InChI=1S/C19H36N4O3/c1-16-14-21(17-4-11-25-12-5-17)8-9-23(16)18(24)20-6-7-22-10-13-26-15-19(22,2)3/h16-17H,4-15H2,1-3H3,(H,20,24)/t16-/m0/s1. The van der Waals surface area contributed by atoms with Gasteiger partial charge < -0.3 is 19.7 Å². The molecule has 3 saturated heterocycles. The van der Waals surface area contributed by atoms with E-state index in [1.807, 2.05) is 4.90 Å². The second-order valence-corrected chi connectivity index (χ2v) is 8.46. The molecule has 3 aliphatic heterocycles. The van der Waals surface area contributed by atoms with Gasteiger partial charge in [0.1, 0.15) is 0 Å². The molecular formula is C19H36N4O3. The van der Waals surface area contributed by atoms with Gasteiger partial charge in [0.05, 0.1) is 13.2 Å².